The fourth-order valence-electron chi connectivity index (χ4n) is 6.75. The number of aryl methyl sites for hydroxylation is 1. The molecule has 2 aliphatic heterocycles. The number of nitrogens with one attached hydrogen (secondary N) is 4. The first-order chi connectivity index (χ1) is 26.1. The third-order valence-corrected chi connectivity index (χ3v) is 9.44. The number of benzene rings is 2. The molecule has 2 aromatic carbocycles. The number of nitrogens with two attached hydrogens (primary N) is 1. The van der Waals surface area contributed by atoms with Crippen LogP contribution >= 0.6 is 0 Å². The average Bonchev–Trinajstić information content (AvgIpc) is 3.31. The fourth-order valence-corrected chi connectivity index (χ4v) is 6.75. The lowest BCUT2D eigenvalue weighted by Crippen LogP contribution is -2.40. The van der Waals surface area contributed by atoms with E-state index in [1.807, 2.05) is 37.4 Å². The maximum Gasteiger partial charge on any atom is 0.270 e. The van der Waals surface area contributed by atoms with Gasteiger partial charge in [-0.1, -0.05) is 37.1 Å². The molecule has 0 bridgehead atoms. The molecule has 5 heterocycles. The van der Waals surface area contributed by atoms with Crippen molar-refractivity contribution in [1.29, 1.82) is 0 Å². The molecule has 6 N–H and O–H groups in total. The number of primary amides is 1. The molecule has 0 aliphatic carbocycles. The highest BCUT2D eigenvalue weighted by molar-refractivity contribution is 6.06. The lowest BCUT2D eigenvalue weighted by molar-refractivity contribution is -0.134. The van der Waals surface area contributed by atoms with Crippen molar-refractivity contribution in [2.45, 2.75) is 51.5 Å². The van der Waals surface area contributed by atoms with Gasteiger partial charge in [-0.25, -0.2) is 4.98 Å². The number of imide groups is 1. The maximum absolute atomic E-state index is 12.9. The Morgan fingerprint density at radius 1 is 0.963 bits per heavy atom. The van der Waals surface area contributed by atoms with Crippen LogP contribution in [0.25, 0.3) is 33.2 Å². The van der Waals surface area contributed by atoms with Crippen LogP contribution in [0.2, 0.25) is 0 Å². The molecule has 13 nitrogen and oxygen atoms in total. The van der Waals surface area contributed by atoms with Crippen LogP contribution in [-0.2, 0) is 20.8 Å². The van der Waals surface area contributed by atoms with E-state index in [0.717, 1.165) is 50.8 Å². The molecular formula is C41H36N8O5. The van der Waals surface area contributed by atoms with Gasteiger partial charge in [-0.15, -0.1) is 0 Å². The highest BCUT2D eigenvalue weighted by Gasteiger charge is 2.31. The van der Waals surface area contributed by atoms with Gasteiger partial charge in [-0.05, 0) is 84.2 Å². The predicted molar refractivity (Wildman–Crippen MR) is 203 cm³/mol. The Labute approximate surface area is 310 Å². The second-order valence-corrected chi connectivity index (χ2v) is 13.2. The highest BCUT2D eigenvalue weighted by atomic mass is 16.2. The Morgan fingerprint density at radius 2 is 1.81 bits per heavy atom. The highest BCUT2D eigenvalue weighted by Crippen LogP contribution is 2.41. The molecule has 1 saturated heterocycles. The van der Waals surface area contributed by atoms with Crippen LogP contribution in [0, 0.1) is 11.8 Å². The van der Waals surface area contributed by atoms with Crippen molar-refractivity contribution in [3.63, 3.8) is 0 Å². The van der Waals surface area contributed by atoms with Gasteiger partial charge in [0, 0.05) is 47.8 Å². The van der Waals surface area contributed by atoms with E-state index in [1.165, 1.54) is 0 Å². The van der Waals surface area contributed by atoms with Crippen molar-refractivity contribution in [3.05, 3.63) is 101 Å². The predicted octanol–water partition coefficient (Wildman–Crippen LogP) is 4.46. The van der Waals surface area contributed by atoms with E-state index in [1.54, 1.807) is 30.5 Å². The number of pyridine rings is 3. The molecule has 0 radical (unpaired) electrons. The standard InChI is InChI=1S/C41H36N8O5/c1-3-23-17-30(37-34(18-23)48-36(51)16-22(2)46-37)27-8-4-6-24-19-33(45-21-31(24)27)25-9-13-32(44-20-25)41(54)43-15-5-7-26-10-11-28(38(47-26)39(42)52)29-12-14-35(50)49-40(29)53/h4,6,8-11,13,17-22,29,46H,3,12,14-16H2,1-2H3,(H2,42,52)(H,43,54)(H,48,51)(H,49,50,53)/t22-,29?/m1/s1. The van der Waals surface area contributed by atoms with Crippen LogP contribution in [0.5, 0.6) is 0 Å². The summed E-state index contributed by atoms with van der Waals surface area (Å²) in [5, 5.41) is 13.5. The zero-order chi connectivity index (χ0) is 37.9. The smallest absolute Gasteiger partial charge is 0.270 e. The molecule has 2 atom stereocenters. The SMILES string of the molecule is CCc1cc2c(c(-c3cccc4cc(-c5ccc(C(=O)NCC#Cc6ccc(C7CCC(=O)NC7=O)c(C(N)=O)n6)nc5)ncc34)c1)N[C@H](C)CC(=O)N2. The molecule has 13 heteroatoms. The van der Waals surface area contributed by atoms with Crippen LogP contribution in [0.3, 0.4) is 0 Å². The molecular weight excluding hydrogens is 685 g/mol. The molecule has 7 rings (SSSR count). The second-order valence-electron chi connectivity index (χ2n) is 13.2. The topological polar surface area (TPSA) is 198 Å². The minimum Gasteiger partial charge on any atom is -0.380 e. The van der Waals surface area contributed by atoms with Crippen molar-refractivity contribution in [1.82, 2.24) is 25.6 Å². The maximum atomic E-state index is 12.9. The van der Waals surface area contributed by atoms with Crippen LogP contribution in [-0.4, -0.2) is 57.1 Å². The van der Waals surface area contributed by atoms with E-state index < -0.39 is 23.6 Å². The second kappa shape index (κ2) is 15.0. The largest absolute Gasteiger partial charge is 0.380 e. The van der Waals surface area contributed by atoms with E-state index in [2.05, 4.69) is 62.1 Å². The number of carbonyl (C=O) groups excluding carboxylic acids is 5. The van der Waals surface area contributed by atoms with E-state index in [9.17, 15) is 24.0 Å². The van der Waals surface area contributed by atoms with E-state index in [-0.39, 0.29) is 54.3 Å². The summed E-state index contributed by atoms with van der Waals surface area (Å²) in [4.78, 5) is 74.7. The average molecular weight is 721 g/mol. The Morgan fingerprint density at radius 3 is 2.57 bits per heavy atom. The Bertz CT molecular complexity index is 2430. The molecule has 1 unspecified atom stereocenters. The first kappa shape index (κ1) is 35.5. The first-order valence-corrected chi connectivity index (χ1v) is 17.6. The van der Waals surface area contributed by atoms with Gasteiger partial charge < -0.3 is 21.7 Å². The van der Waals surface area contributed by atoms with Crippen molar-refractivity contribution >= 4 is 51.7 Å². The lowest BCUT2D eigenvalue weighted by Gasteiger charge is -2.22. The molecule has 270 valence electrons. The normalized spacial score (nSPS) is 16.5. The van der Waals surface area contributed by atoms with E-state index in [0.29, 0.717) is 17.7 Å². The van der Waals surface area contributed by atoms with Gasteiger partial charge in [-0.2, -0.15) is 0 Å². The third-order valence-electron chi connectivity index (χ3n) is 9.44. The molecule has 3 aromatic heterocycles. The van der Waals surface area contributed by atoms with Crippen LogP contribution in [0.4, 0.5) is 11.4 Å². The minimum atomic E-state index is -0.819. The van der Waals surface area contributed by atoms with Gasteiger partial charge in [0.05, 0.1) is 29.5 Å². The van der Waals surface area contributed by atoms with E-state index >= 15 is 0 Å². The summed E-state index contributed by atoms with van der Waals surface area (Å²) >= 11 is 0. The number of amides is 5. The van der Waals surface area contributed by atoms with Crippen LogP contribution < -0.4 is 27.0 Å². The summed E-state index contributed by atoms with van der Waals surface area (Å²) in [6.07, 6.45) is 5.02. The van der Waals surface area contributed by atoms with Crippen molar-refractivity contribution in [2.24, 2.45) is 5.73 Å². The molecule has 5 amide bonds. The number of aromatic nitrogens is 3. The van der Waals surface area contributed by atoms with Gasteiger partial charge in [0.25, 0.3) is 11.8 Å². The van der Waals surface area contributed by atoms with Crippen molar-refractivity contribution < 1.29 is 24.0 Å². The molecule has 0 spiro atoms. The molecule has 2 aliphatic rings. The Balaban J connectivity index is 1.05. The zero-order valence-corrected chi connectivity index (χ0v) is 29.6. The number of anilines is 2. The summed E-state index contributed by atoms with van der Waals surface area (Å²) in [7, 11) is 0. The quantitative estimate of drug-likeness (QED) is 0.119. The summed E-state index contributed by atoms with van der Waals surface area (Å²) in [6, 6.07) is 18.7. The summed E-state index contributed by atoms with van der Waals surface area (Å²) in [6.45, 7) is 4.06. The number of nitrogens with zero attached hydrogens (tertiary/aromatic N) is 3. The fraction of sp³-hybridized carbons (Fsp3) is 0.220. The van der Waals surface area contributed by atoms with Gasteiger partial charge >= 0.3 is 0 Å². The molecule has 0 saturated carbocycles. The number of rotatable bonds is 7. The van der Waals surface area contributed by atoms with Crippen molar-refractivity contribution in [3.8, 4) is 34.2 Å². The van der Waals surface area contributed by atoms with Gasteiger partial charge in [-0.3, -0.25) is 39.3 Å². The summed E-state index contributed by atoms with van der Waals surface area (Å²) in [5.41, 5.74) is 12.4. The monoisotopic (exact) mass is 720 g/mol. The zero-order valence-electron chi connectivity index (χ0n) is 29.6. The molecule has 1 fully saturated rings. The molecule has 54 heavy (non-hydrogen) atoms. The van der Waals surface area contributed by atoms with Crippen LogP contribution in [0.15, 0.2) is 73.1 Å². The number of hydrogen-bond acceptors (Lipinski definition) is 9. The summed E-state index contributed by atoms with van der Waals surface area (Å²) < 4.78 is 0. The Hall–Kier alpha value is -6.94. The lowest BCUT2D eigenvalue weighted by atomic mass is 9.89. The number of fused-ring (bicyclic) bond motifs is 2. The molecule has 5 aromatic rings. The summed E-state index contributed by atoms with van der Waals surface area (Å²) in [5.74, 6) is 2.73. The van der Waals surface area contributed by atoms with Crippen LogP contribution in [0.1, 0.15) is 76.8 Å². The van der Waals surface area contributed by atoms with Gasteiger partial charge in [0.1, 0.15) is 17.1 Å². The first-order valence-electron chi connectivity index (χ1n) is 17.6. The number of hydrogen-bond donors (Lipinski definition) is 5. The number of piperidine rings is 1. The van der Waals surface area contributed by atoms with Crippen molar-refractivity contribution in [2.75, 3.05) is 17.2 Å². The number of carbonyl (C=O) groups is 5. The third kappa shape index (κ3) is 7.35. The van der Waals surface area contributed by atoms with E-state index in [4.69, 9.17) is 10.7 Å². The van der Waals surface area contributed by atoms with Gasteiger partial charge in [0.2, 0.25) is 17.7 Å². The Kier molecular flexibility index (Phi) is 9.83. The van der Waals surface area contributed by atoms with Gasteiger partial charge in [0.15, 0.2) is 0 Å². The minimum absolute atomic E-state index is 0.0189.